The van der Waals surface area contributed by atoms with E-state index in [2.05, 4.69) is 79.6 Å². The van der Waals surface area contributed by atoms with Crippen LogP contribution in [0.3, 0.4) is 0 Å². The molecule has 1 aliphatic carbocycles. The van der Waals surface area contributed by atoms with Crippen LogP contribution >= 0.6 is 11.6 Å². The number of nitrogens with zero attached hydrogens (tertiary/aromatic N) is 1. The van der Waals surface area contributed by atoms with Crippen LogP contribution in [0.25, 0.3) is 0 Å². The number of aromatic nitrogens is 1. The van der Waals surface area contributed by atoms with Gasteiger partial charge in [-0.25, -0.2) is 9.78 Å². The molecule has 0 fully saturated rings. The van der Waals surface area contributed by atoms with Crippen LogP contribution in [0.2, 0.25) is 10.2 Å². The van der Waals surface area contributed by atoms with Crippen molar-refractivity contribution in [2.45, 2.75) is 64.6 Å². The summed E-state index contributed by atoms with van der Waals surface area (Å²) in [6.45, 7) is 12.8. The number of benzene rings is 2. The van der Waals surface area contributed by atoms with Crippen LogP contribution in [0.5, 0.6) is 0 Å². The lowest BCUT2D eigenvalue weighted by Crippen LogP contribution is -2.67. The average molecular weight is 537 g/mol. The first kappa shape index (κ1) is 27.4. The second-order valence-electron chi connectivity index (χ2n) is 11.7. The molecule has 0 saturated carbocycles. The number of pyridine rings is 1. The highest BCUT2D eigenvalue weighted by atomic mass is 35.5. The van der Waals surface area contributed by atoms with Crippen LogP contribution in [0.15, 0.2) is 72.9 Å². The Morgan fingerprint density at radius 2 is 1.54 bits per heavy atom. The Bertz CT molecular complexity index is 1180. The normalized spacial score (nSPS) is 17.8. The number of alkyl carbamates (subject to hydrolysis) is 1. The number of carbonyl (C=O) groups is 1. The summed E-state index contributed by atoms with van der Waals surface area (Å²) < 4.78 is 12.8. The van der Waals surface area contributed by atoms with Crippen molar-refractivity contribution >= 4 is 36.4 Å². The van der Waals surface area contributed by atoms with Gasteiger partial charge in [-0.2, -0.15) is 0 Å². The van der Waals surface area contributed by atoms with E-state index >= 15 is 0 Å². The lowest BCUT2D eigenvalue weighted by atomic mass is 10.0. The highest BCUT2D eigenvalue weighted by molar-refractivity contribution is 6.99. The Morgan fingerprint density at radius 3 is 2.05 bits per heavy atom. The van der Waals surface area contributed by atoms with E-state index in [0.29, 0.717) is 18.2 Å². The first-order chi connectivity index (χ1) is 17.4. The maximum absolute atomic E-state index is 12.8. The largest absolute Gasteiger partial charge is 0.444 e. The lowest BCUT2D eigenvalue weighted by molar-refractivity contribution is 0.0478. The highest BCUT2D eigenvalue weighted by Crippen LogP contribution is 2.42. The number of rotatable bonds is 6. The molecule has 0 aliphatic heterocycles. The Hall–Kier alpha value is -2.67. The minimum atomic E-state index is -2.73. The Morgan fingerprint density at radius 1 is 0.973 bits per heavy atom. The minimum Gasteiger partial charge on any atom is -0.444 e. The van der Waals surface area contributed by atoms with Crippen LogP contribution in [-0.4, -0.2) is 31.6 Å². The molecule has 0 unspecified atom stereocenters. The maximum Gasteiger partial charge on any atom is 0.408 e. The van der Waals surface area contributed by atoms with Gasteiger partial charge in [0.25, 0.3) is 8.32 Å². The molecule has 1 amide bonds. The van der Waals surface area contributed by atoms with Gasteiger partial charge in [0.05, 0.1) is 6.04 Å². The number of hydrogen-bond acceptors (Lipinski definition) is 4. The fourth-order valence-electron chi connectivity index (χ4n) is 5.39. The molecule has 7 heteroatoms. The molecule has 1 aliphatic rings. The van der Waals surface area contributed by atoms with Gasteiger partial charge in [0.15, 0.2) is 0 Å². The summed E-state index contributed by atoms with van der Waals surface area (Å²) in [4.78, 5) is 17.1. The number of carbonyl (C=O) groups excluding carboxylic acids is 1. The van der Waals surface area contributed by atoms with Crippen molar-refractivity contribution in [1.82, 2.24) is 10.3 Å². The third-order valence-electron chi connectivity index (χ3n) is 6.92. The summed E-state index contributed by atoms with van der Waals surface area (Å²) >= 11 is 6.51. The van der Waals surface area contributed by atoms with Crippen molar-refractivity contribution in [2.24, 2.45) is 5.92 Å². The fraction of sp³-hybridized carbons (Fsp3) is 0.400. The average Bonchev–Trinajstić information content (AvgIpc) is 3.17. The molecule has 37 heavy (non-hydrogen) atoms. The van der Waals surface area contributed by atoms with E-state index in [9.17, 15) is 4.79 Å². The second kappa shape index (κ2) is 10.6. The quantitative estimate of drug-likeness (QED) is 0.308. The van der Waals surface area contributed by atoms with E-state index in [-0.39, 0.29) is 17.0 Å². The molecule has 0 saturated heterocycles. The van der Waals surface area contributed by atoms with Crippen LogP contribution in [0.1, 0.15) is 58.7 Å². The number of nitrogens with one attached hydrogen (secondary N) is 1. The molecule has 0 bridgehead atoms. The van der Waals surface area contributed by atoms with Gasteiger partial charge in [-0.15, -0.1) is 0 Å². The van der Waals surface area contributed by atoms with Crippen molar-refractivity contribution < 1.29 is 14.0 Å². The number of hydrogen-bond donors (Lipinski definition) is 1. The first-order valence-corrected chi connectivity index (χ1v) is 15.1. The Labute approximate surface area is 226 Å². The first-order valence-electron chi connectivity index (χ1n) is 12.8. The number of ether oxygens (including phenoxy) is 1. The van der Waals surface area contributed by atoms with E-state index in [1.54, 1.807) is 6.20 Å². The SMILES string of the molecule is CC(C)(C)OC(=O)N[C@@H]1c2ccnc(Cl)c2C[C@H]1CO[Si](c1ccccc1)(c1ccccc1)C(C)(C)C. The molecule has 5 nitrogen and oxygen atoms in total. The lowest BCUT2D eigenvalue weighted by Gasteiger charge is -2.44. The minimum absolute atomic E-state index is 0.0223. The highest BCUT2D eigenvalue weighted by Gasteiger charge is 2.51. The van der Waals surface area contributed by atoms with E-state index < -0.39 is 20.0 Å². The smallest absolute Gasteiger partial charge is 0.408 e. The summed E-state index contributed by atoms with van der Waals surface area (Å²) in [5.74, 6) is -0.0223. The zero-order valence-electron chi connectivity index (χ0n) is 22.5. The van der Waals surface area contributed by atoms with Crippen LogP contribution in [0.4, 0.5) is 4.79 Å². The van der Waals surface area contributed by atoms with Gasteiger partial charge in [0.1, 0.15) is 10.8 Å². The molecule has 0 radical (unpaired) electrons. The third kappa shape index (κ3) is 5.76. The maximum atomic E-state index is 12.8. The molecule has 2 aromatic carbocycles. The van der Waals surface area contributed by atoms with Crippen molar-refractivity contribution in [2.75, 3.05) is 6.61 Å². The predicted molar refractivity (Wildman–Crippen MR) is 152 cm³/mol. The summed E-state index contributed by atoms with van der Waals surface area (Å²) in [6, 6.07) is 22.8. The number of fused-ring (bicyclic) bond motifs is 1. The zero-order valence-corrected chi connectivity index (χ0v) is 24.3. The van der Waals surface area contributed by atoms with Crippen LogP contribution < -0.4 is 15.7 Å². The molecular formula is C30H37ClN2O3Si. The van der Waals surface area contributed by atoms with Gasteiger partial charge >= 0.3 is 6.09 Å². The van der Waals surface area contributed by atoms with Crippen molar-refractivity contribution in [3.05, 3.63) is 89.2 Å². The standard InChI is InChI=1S/C30H37ClN2O3Si/c1-29(2,3)36-28(34)33-26-21(19-25-24(26)17-18-32-27(25)31)20-35-37(30(4,5)6,22-13-9-7-10-14-22)23-15-11-8-12-16-23/h7-18,21,26H,19-20H2,1-6H3,(H,33,34)/t21-,26-/m0/s1. The van der Waals surface area contributed by atoms with E-state index in [1.165, 1.54) is 10.4 Å². The number of amides is 1. The van der Waals surface area contributed by atoms with E-state index in [0.717, 1.165) is 11.1 Å². The van der Waals surface area contributed by atoms with Crippen molar-refractivity contribution in [1.29, 1.82) is 0 Å². The fourth-order valence-corrected chi connectivity index (χ4v) is 10.2. The molecular weight excluding hydrogens is 500 g/mol. The van der Waals surface area contributed by atoms with Gasteiger partial charge in [-0.3, -0.25) is 0 Å². The molecule has 1 N–H and O–H groups in total. The molecule has 1 heterocycles. The van der Waals surface area contributed by atoms with Gasteiger partial charge < -0.3 is 14.5 Å². The molecule has 2 atom stereocenters. The topological polar surface area (TPSA) is 60.5 Å². The number of halogens is 1. The van der Waals surface area contributed by atoms with Crippen molar-refractivity contribution in [3.8, 4) is 0 Å². The summed E-state index contributed by atoms with van der Waals surface area (Å²) in [7, 11) is -2.73. The van der Waals surface area contributed by atoms with Gasteiger partial charge in [0.2, 0.25) is 0 Å². The summed E-state index contributed by atoms with van der Waals surface area (Å²) in [5, 5.41) is 5.89. The molecule has 196 valence electrons. The monoisotopic (exact) mass is 536 g/mol. The van der Waals surface area contributed by atoms with E-state index in [4.69, 9.17) is 20.8 Å². The second-order valence-corrected chi connectivity index (χ2v) is 16.4. The summed E-state index contributed by atoms with van der Waals surface area (Å²) in [5.41, 5.74) is 1.34. The summed E-state index contributed by atoms with van der Waals surface area (Å²) in [6.07, 6.45) is 1.91. The van der Waals surface area contributed by atoms with E-state index in [1.807, 2.05) is 39.0 Å². The third-order valence-corrected chi connectivity index (χ3v) is 12.2. The Balaban J connectivity index is 1.71. The van der Waals surface area contributed by atoms with Gasteiger partial charge in [-0.1, -0.05) is 93.0 Å². The zero-order chi connectivity index (χ0) is 26.8. The molecule has 0 spiro atoms. The van der Waals surface area contributed by atoms with Gasteiger partial charge in [0, 0.05) is 18.7 Å². The Kier molecular flexibility index (Phi) is 7.84. The van der Waals surface area contributed by atoms with Crippen molar-refractivity contribution in [3.63, 3.8) is 0 Å². The molecule has 4 rings (SSSR count). The molecule has 3 aromatic rings. The predicted octanol–water partition coefficient (Wildman–Crippen LogP) is 6.05. The van der Waals surface area contributed by atoms with Crippen LogP contribution in [-0.2, 0) is 15.6 Å². The molecule has 1 aromatic heterocycles. The van der Waals surface area contributed by atoms with Crippen LogP contribution in [0, 0.1) is 5.92 Å². The van der Waals surface area contributed by atoms with Gasteiger partial charge in [-0.05, 0) is 59.8 Å².